The van der Waals surface area contributed by atoms with Crippen LogP contribution < -0.4 is 4.90 Å². The third-order valence-corrected chi connectivity index (χ3v) is 5.20. The first-order chi connectivity index (χ1) is 11.5. The molecule has 0 saturated heterocycles. The van der Waals surface area contributed by atoms with E-state index in [0.29, 0.717) is 26.2 Å². The zero-order valence-corrected chi connectivity index (χ0v) is 15.1. The highest BCUT2D eigenvalue weighted by Gasteiger charge is 2.27. The number of nitrogens with zero attached hydrogens (tertiary/aromatic N) is 1. The average Bonchev–Trinajstić information content (AvgIpc) is 2.91. The molecular weight excluding hydrogens is 365 g/mol. The number of ketones is 1. The number of carbonyl (C=O) groups is 2. The highest BCUT2D eigenvalue weighted by molar-refractivity contribution is 8.04. The summed E-state index contributed by atoms with van der Waals surface area (Å²) in [6.07, 6.45) is 1.83. The third-order valence-electron chi connectivity index (χ3n) is 3.56. The maximum absolute atomic E-state index is 12.5. The van der Waals surface area contributed by atoms with Crippen LogP contribution in [0.4, 0.5) is 5.69 Å². The lowest BCUT2D eigenvalue weighted by atomic mass is 10.1. The van der Waals surface area contributed by atoms with E-state index in [4.69, 9.17) is 23.2 Å². The summed E-state index contributed by atoms with van der Waals surface area (Å²) in [6.45, 7) is 1.75. The third kappa shape index (κ3) is 3.22. The van der Waals surface area contributed by atoms with Crippen molar-refractivity contribution in [3.8, 4) is 0 Å². The number of halogens is 2. The standard InChI is InChI=1S/C18H13Cl2NO2S/c1-2-17(22)21(14-9-11(19)7-8-13(14)20)10-16-18(23)12-5-3-4-6-15(12)24-16/h3-10H,2H2,1H3. The van der Waals surface area contributed by atoms with Gasteiger partial charge < -0.3 is 0 Å². The van der Waals surface area contributed by atoms with Gasteiger partial charge in [-0.2, -0.15) is 0 Å². The molecule has 3 nitrogen and oxygen atoms in total. The fourth-order valence-electron chi connectivity index (χ4n) is 2.36. The number of hydrogen-bond donors (Lipinski definition) is 0. The molecule has 2 aromatic rings. The Kier molecular flexibility index (Phi) is 4.99. The molecule has 0 atom stereocenters. The molecule has 0 saturated carbocycles. The zero-order valence-electron chi connectivity index (χ0n) is 12.8. The number of Topliss-reactive ketones (excluding diaryl/α,β-unsaturated/α-hetero) is 1. The number of fused-ring (bicyclic) bond motifs is 1. The summed E-state index contributed by atoms with van der Waals surface area (Å²) in [5.41, 5.74) is 1.11. The molecule has 6 heteroatoms. The number of rotatable bonds is 3. The molecule has 122 valence electrons. The predicted octanol–water partition coefficient (Wildman–Crippen LogP) is 5.57. The van der Waals surface area contributed by atoms with Crippen molar-refractivity contribution in [1.82, 2.24) is 0 Å². The molecule has 1 aliphatic heterocycles. The minimum atomic E-state index is -0.170. The van der Waals surface area contributed by atoms with E-state index in [-0.39, 0.29) is 18.1 Å². The van der Waals surface area contributed by atoms with Gasteiger partial charge in [0.05, 0.1) is 15.6 Å². The van der Waals surface area contributed by atoms with Crippen LogP contribution in [0.3, 0.4) is 0 Å². The molecule has 1 aliphatic rings. The van der Waals surface area contributed by atoms with E-state index >= 15 is 0 Å². The van der Waals surface area contributed by atoms with Gasteiger partial charge in [-0.15, -0.1) is 0 Å². The molecule has 0 spiro atoms. The van der Waals surface area contributed by atoms with Crippen LogP contribution in [-0.4, -0.2) is 11.7 Å². The van der Waals surface area contributed by atoms with Crippen LogP contribution >= 0.6 is 35.0 Å². The van der Waals surface area contributed by atoms with Crippen molar-refractivity contribution in [3.05, 3.63) is 69.2 Å². The number of allylic oxidation sites excluding steroid dienone is 1. The zero-order chi connectivity index (χ0) is 17.3. The van der Waals surface area contributed by atoms with E-state index in [1.165, 1.54) is 16.7 Å². The minimum Gasteiger partial charge on any atom is -0.288 e. The molecule has 0 radical (unpaired) electrons. The van der Waals surface area contributed by atoms with Gasteiger partial charge in [0.25, 0.3) is 0 Å². The lowest BCUT2D eigenvalue weighted by Gasteiger charge is -2.20. The van der Waals surface area contributed by atoms with Crippen molar-refractivity contribution in [1.29, 1.82) is 0 Å². The van der Waals surface area contributed by atoms with E-state index in [1.807, 2.05) is 18.2 Å². The molecule has 2 aromatic carbocycles. The highest BCUT2D eigenvalue weighted by Crippen LogP contribution is 2.41. The van der Waals surface area contributed by atoms with Gasteiger partial charge in [-0.05, 0) is 30.3 Å². The lowest BCUT2D eigenvalue weighted by molar-refractivity contribution is -0.117. The first-order valence-corrected chi connectivity index (χ1v) is 8.89. The van der Waals surface area contributed by atoms with Gasteiger partial charge in [0.15, 0.2) is 0 Å². The van der Waals surface area contributed by atoms with Crippen molar-refractivity contribution < 1.29 is 9.59 Å². The number of benzene rings is 2. The van der Waals surface area contributed by atoms with Crippen LogP contribution in [0, 0.1) is 0 Å². The van der Waals surface area contributed by atoms with E-state index in [9.17, 15) is 9.59 Å². The number of hydrogen-bond acceptors (Lipinski definition) is 3. The quantitative estimate of drug-likeness (QED) is 0.656. The van der Waals surface area contributed by atoms with Crippen LogP contribution in [0.2, 0.25) is 10.0 Å². The van der Waals surface area contributed by atoms with Crippen LogP contribution in [-0.2, 0) is 4.79 Å². The van der Waals surface area contributed by atoms with E-state index in [0.717, 1.165) is 4.90 Å². The van der Waals surface area contributed by atoms with Gasteiger partial charge in [0.1, 0.15) is 0 Å². The normalized spacial score (nSPS) is 14.8. The molecular formula is C18H13Cl2NO2S. The van der Waals surface area contributed by atoms with Crippen molar-refractivity contribution in [2.45, 2.75) is 18.2 Å². The second-order valence-electron chi connectivity index (χ2n) is 5.13. The summed E-state index contributed by atoms with van der Waals surface area (Å²) in [4.78, 5) is 27.7. The largest absolute Gasteiger partial charge is 0.288 e. The number of thioether (sulfide) groups is 1. The molecule has 3 rings (SSSR count). The summed E-state index contributed by atoms with van der Waals surface area (Å²) in [5.74, 6) is -0.265. The van der Waals surface area contributed by atoms with Crippen LogP contribution in [0.5, 0.6) is 0 Å². The smallest absolute Gasteiger partial charge is 0.230 e. The van der Waals surface area contributed by atoms with Gasteiger partial charge >= 0.3 is 0 Å². The molecule has 1 amide bonds. The molecule has 0 N–H and O–H groups in total. The maximum atomic E-state index is 12.5. The van der Waals surface area contributed by atoms with Crippen LogP contribution in [0.15, 0.2) is 58.5 Å². The van der Waals surface area contributed by atoms with Gasteiger partial charge in [-0.1, -0.05) is 54.0 Å². The Bertz CT molecular complexity index is 864. The van der Waals surface area contributed by atoms with Crippen molar-refractivity contribution >= 4 is 52.3 Å². The van der Waals surface area contributed by atoms with Gasteiger partial charge in [-0.25, -0.2) is 0 Å². The van der Waals surface area contributed by atoms with Crippen molar-refractivity contribution in [2.24, 2.45) is 0 Å². The number of carbonyl (C=O) groups excluding carboxylic acids is 2. The summed E-state index contributed by atoms with van der Waals surface area (Å²) < 4.78 is 0. The van der Waals surface area contributed by atoms with Crippen molar-refractivity contribution in [2.75, 3.05) is 4.90 Å². The average molecular weight is 378 g/mol. The topological polar surface area (TPSA) is 37.4 Å². The second-order valence-corrected chi connectivity index (χ2v) is 7.06. The minimum absolute atomic E-state index is 0.0948. The molecule has 0 bridgehead atoms. The monoisotopic (exact) mass is 377 g/mol. The van der Waals surface area contributed by atoms with Crippen LogP contribution in [0.1, 0.15) is 23.7 Å². The summed E-state index contributed by atoms with van der Waals surface area (Å²) in [7, 11) is 0. The number of amides is 1. The van der Waals surface area contributed by atoms with E-state index in [2.05, 4.69) is 0 Å². The van der Waals surface area contributed by atoms with E-state index in [1.54, 1.807) is 37.4 Å². The first kappa shape index (κ1) is 17.1. The Morgan fingerprint density at radius 2 is 1.96 bits per heavy atom. The summed E-state index contributed by atoms with van der Waals surface area (Å²) in [6, 6.07) is 12.3. The van der Waals surface area contributed by atoms with Gasteiger partial charge in [-0.3, -0.25) is 14.5 Å². The SMILES string of the molecule is CCC(=O)N(C=C1Sc2ccccc2C1=O)c1cc(Cl)ccc1Cl. The maximum Gasteiger partial charge on any atom is 0.230 e. The van der Waals surface area contributed by atoms with Crippen LogP contribution in [0.25, 0.3) is 0 Å². The van der Waals surface area contributed by atoms with E-state index < -0.39 is 0 Å². The molecule has 0 aliphatic carbocycles. The lowest BCUT2D eigenvalue weighted by Crippen LogP contribution is -2.25. The fourth-order valence-corrected chi connectivity index (χ4v) is 3.75. The summed E-state index contributed by atoms with van der Waals surface area (Å²) in [5, 5.41) is 0.862. The molecule has 1 heterocycles. The van der Waals surface area contributed by atoms with Crippen molar-refractivity contribution in [3.63, 3.8) is 0 Å². The fraction of sp³-hybridized carbons (Fsp3) is 0.111. The first-order valence-electron chi connectivity index (χ1n) is 7.31. The van der Waals surface area contributed by atoms with Gasteiger partial charge in [0.2, 0.25) is 11.7 Å². The molecule has 0 unspecified atom stereocenters. The Morgan fingerprint density at radius 1 is 1.21 bits per heavy atom. The number of anilines is 1. The molecule has 24 heavy (non-hydrogen) atoms. The molecule has 0 fully saturated rings. The Balaban J connectivity index is 2.05. The predicted molar refractivity (Wildman–Crippen MR) is 99.0 cm³/mol. The Hall–Kier alpha value is -1.75. The summed E-state index contributed by atoms with van der Waals surface area (Å²) >= 11 is 13.6. The highest BCUT2D eigenvalue weighted by atomic mass is 35.5. The Morgan fingerprint density at radius 3 is 2.67 bits per heavy atom. The second kappa shape index (κ2) is 7.01. The Labute approximate surface area is 154 Å². The molecule has 0 aromatic heterocycles. The van der Waals surface area contributed by atoms with Gasteiger partial charge in [0, 0.05) is 28.1 Å².